The Kier molecular flexibility index (Phi) is 3.03. The number of rotatable bonds is 1. The van der Waals surface area contributed by atoms with Crippen molar-refractivity contribution in [3.63, 3.8) is 0 Å². The smallest absolute Gasteiger partial charge is 0.151 e. The summed E-state index contributed by atoms with van der Waals surface area (Å²) in [5.41, 5.74) is 7.97. The van der Waals surface area contributed by atoms with Gasteiger partial charge in [0.2, 0.25) is 0 Å². The molecule has 2 N–H and O–H groups in total. The quantitative estimate of drug-likeness (QED) is 0.789. The molecule has 3 heteroatoms. The fourth-order valence-electron chi connectivity index (χ4n) is 2.68. The lowest BCUT2D eigenvalue weighted by Gasteiger charge is -2.36. The van der Waals surface area contributed by atoms with Crippen molar-refractivity contribution in [2.24, 2.45) is 11.8 Å². The summed E-state index contributed by atoms with van der Waals surface area (Å²) < 4.78 is 0. The van der Waals surface area contributed by atoms with Crippen LogP contribution < -0.4 is 10.6 Å². The summed E-state index contributed by atoms with van der Waals surface area (Å²) in [6, 6.07) is 2.01. The molecule has 1 saturated heterocycles. The maximum Gasteiger partial charge on any atom is 0.151 e. The van der Waals surface area contributed by atoms with Gasteiger partial charge in [-0.25, -0.2) is 4.98 Å². The molecule has 1 aliphatic heterocycles. The predicted octanol–water partition coefficient (Wildman–Crippen LogP) is 2.45. The third kappa shape index (κ3) is 2.29. The van der Waals surface area contributed by atoms with Gasteiger partial charge in [-0.1, -0.05) is 13.8 Å². The molecule has 2 heterocycles. The number of hydrogen-bond donors (Lipinski definition) is 1. The van der Waals surface area contributed by atoms with E-state index in [9.17, 15) is 0 Å². The zero-order chi connectivity index (χ0) is 11.7. The first-order chi connectivity index (χ1) is 7.56. The van der Waals surface area contributed by atoms with Gasteiger partial charge in [0, 0.05) is 19.3 Å². The first kappa shape index (κ1) is 11.2. The maximum atomic E-state index is 6.04. The van der Waals surface area contributed by atoms with Gasteiger partial charge in [0.15, 0.2) is 5.82 Å². The van der Waals surface area contributed by atoms with E-state index in [1.165, 1.54) is 6.42 Å². The first-order valence-electron chi connectivity index (χ1n) is 6.03. The van der Waals surface area contributed by atoms with E-state index in [0.29, 0.717) is 0 Å². The molecule has 1 aliphatic rings. The summed E-state index contributed by atoms with van der Waals surface area (Å²) in [7, 11) is 0. The number of aromatic nitrogens is 1. The molecule has 0 radical (unpaired) electrons. The number of pyridine rings is 1. The number of piperidine rings is 1. The van der Waals surface area contributed by atoms with E-state index < -0.39 is 0 Å². The van der Waals surface area contributed by atoms with Gasteiger partial charge in [-0.05, 0) is 36.8 Å². The SMILES string of the molecule is Cc1cnc(N2CC(C)CC(C)C2)c(N)c1. The minimum atomic E-state index is 0.728. The Bertz CT molecular complexity index is 365. The van der Waals surface area contributed by atoms with E-state index in [4.69, 9.17) is 5.73 Å². The summed E-state index contributed by atoms with van der Waals surface area (Å²) >= 11 is 0. The second-order valence-corrected chi connectivity index (χ2v) is 5.28. The van der Waals surface area contributed by atoms with Crippen LogP contribution >= 0.6 is 0 Å². The fraction of sp³-hybridized carbons (Fsp3) is 0.615. The molecule has 88 valence electrons. The Hall–Kier alpha value is -1.25. The van der Waals surface area contributed by atoms with Gasteiger partial charge in [-0.15, -0.1) is 0 Å². The molecule has 2 atom stereocenters. The number of nitrogens with zero attached hydrogens (tertiary/aromatic N) is 2. The third-order valence-corrected chi connectivity index (χ3v) is 3.20. The van der Waals surface area contributed by atoms with Crippen molar-refractivity contribution in [2.75, 3.05) is 23.7 Å². The molecule has 0 bridgehead atoms. The van der Waals surface area contributed by atoms with Crippen LogP contribution in [-0.2, 0) is 0 Å². The second-order valence-electron chi connectivity index (χ2n) is 5.28. The van der Waals surface area contributed by atoms with Gasteiger partial charge in [-0.2, -0.15) is 0 Å². The number of hydrogen-bond acceptors (Lipinski definition) is 3. The van der Waals surface area contributed by atoms with Crippen molar-refractivity contribution < 1.29 is 0 Å². The Balaban J connectivity index is 2.23. The summed E-state index contributed by atoms with van der Waals surface area (Å²) in [5, 5.41) is 0. The highest BCUT2D eigenvalue weighted by atomic mass is 15.2. The molecule has 1 aromatic rings. The Labute approximate surface area is 97.7 Å². The van der Waals surface area contributed by atoms with E-state index in [1.54, 1.807) is 0 Å². The summed E-state index contributed by atoms with van der Waals surface area (Å²) in [4.78, 5) is 6.80. The second kappa shape index (κ2) is 4.32. The van der Waals surface area contributed by atoms with Crippen LogP contribution in [-0.4, -0.2) is 18.1 Å². The molecule has 16 heavy (non-hydrogen) atoms. The highest BCUT2D eigenvalue weighted by Gasteiger charge is 2.23. The van der Waals surface area contributed by atoms with Crippen LogP contribution in [0.4, 0.5) is 11.5 Å². The van der Waals surface area contributed by atoms with Gasteiger partial charge in [0.05, 0.1) is 5.69 Å². The van der Waals surface area contributed by atoms with Crippen molar-refractivity contribution in [3.05, 3.63) is 17.8 Å². The lowest BCUT2D eigenvalue weighted by molar-refractivity contribution is 0.355. The van der Waals surface area contributed by atoms with Crippen LogP contribution in [0.3, 0.4) is 0 Å². The zero-order valence-corrected chi connectivity index (χ0v) is 10.4. The van der Waals surface area contributed by atoms with E-state index in [-0.39, 0.29) is 0 Å². The molecule has 0 amide bonds. The molecule has 1 fully saturated rings. The van der Waals surface area contributed by atoms with Crippen molar-refractivity contribution in [1.82, 2.24) is 4.98 Å². The number of nitrogens with two attached hydrogens (primary N) is 1. The average Bonchev–Trinajstić information content (AvgIpc) is 2.15. The van der Waals surface area contributed by atoms with Crippen LogP contribution in [0.1, 0.15) is 25.8 Å². The molecule has 3 nitrogen and oxygen atoms in total. The minimum Gasteiger partial charge on any atom is -0.396 e. The standard InChI is InChI=1S/C13H21N3/c1-9-5-12(14)13(15-6-9)16-7-10(2)4-11(3)8-16/h5-6,10-11H,4,7-8,14H2,1-3H3. The van der Waals surface area contributed by atoms with E-state index >= 15 is 0 Å². The van der Waals surface area contributed by atoms with E-state index in [1.807, 2.05) is 19.2 Å². The Morgan fingerprint density at radius 1 is 1.31 bits per heavy atom. The molecule has 1 aromatic heterocycles. The largest absolute Gasteiger partial charge is 0.396 e. The molecular weight excluding hydrogens is 198 g/mol. The first-order valence-corrected chi connectivity index (χ1v) is 6.03. The van der Waals surface area contributed by atoms with Crippen LogP contribution in [0.5, 0.6) is 0 Å². The van der Waals surface area contributed by atoms with Crippen LogP contribution in [0, 0.1) is 18.8 Å². The molecular formula is C13H21N3. The predicted molar refractivity (Wildman–Crippen MR) is 68.5 cm³/mol. The molecule has 0 saturated carbocycles. The minimum absolute atomic E-state index is 0.728. The van der Waals surface area contributed by atoms with Gasteiger partial charge in [-0.3, -0.25) is 0 Å². The number of anilines is 2. The lowest BCUT2D eigenvalue weighted by Crippen LogP contribution is -2.39. The monoisotopic (exact) mass is 219 g/mol. The van der Waals surface area contributed by atoms with Crippen molar-refractivity contribution in [3.8, 4) is 0 Å². The van der Waals surface area contributed by atoms with Gasteiger partial charge >= 0.3 is 0 Å². The van der Waals surface area contributed by atoms with Crippen molar-refractivity contribution in [1.29, 1.82) is 0 Å². The summed E-state index contributed by atoms with van der Waals surface area (Å²) in [6.07, 6.45) is 3.21. The summed E-state index contributed by atoms with van der Waals surface area (Å²) in [6.45, 7) is 8.77. The number of nitrogen functional groups attached to an aromatic ring is 1. The van der Waals surface area contributed by atoms with Gasteiger partial charge in [0.25, 0.3) is 0 Å². The zero-order valence-electron chi connectivity index (χ0n) is 10.4. The highest BCUT2D eigenvalue weighted by Crippen LogP contribution is 2.28. The topological polar surface area (TPSA) is 42.2 Å². The van der Waals surface area contributed by atoms with Crippen molar-refractivity contribution >= 4 is 11.5 Å². The highest BCUT2D eigenvalue weighted by molar-refractivity contribution is 5.63. The molecule has 0 spiro atoms. The lowest BCUT2D eigenvalue weighted by atomic mass is 9.92. The van der Waals surface area contributed by atoms with Gasteiger partial charge in [0.1, 0.15) is 0 Å². The van der Waals surface area contributed by atoms with E-state index in [0.717, 1.165) is 42.0 Å². The van der Waals surface area contributed by atoms with Crippen LogP contribution in [0.2, 0.25) is 0 Å². The van der Waals surface area contributed by atoms with Crippen LogP contribution in [0.15, 0.2) is 12.3 Å². The van der Waals surface area contributed by atoms with Gasteiger partial charge < -0.3 is 10.6 Å². The van der Waals surface area contributed by atoms with E-state index in [2.05, 4.69) is 23.7 Å². The molecule has 2 unspecified atom stereocenters. The molecule has 0 aromatic carbocycles. The average molecular weight is 219 g/mol. The Morgan fingerprint density at radius 2 is 1.94 bits per heavy atom. The van der Waals surface area contributed by atoms with Crippen molar-refractivity contribution in [2.45, 2.75) is 27.2 Å². The molecule has 2 rings (SSSR count). The number of aryl methyl sites for hydroxylation is 1. The normalized spacial score (nSPS) is 25.8. The maximum absolute atomic E-state index is 6.04. The summed E-state index contributed by atoms with van der Waals surface area (Å²) in [5.74, 6) is 2.42. The fourth-order valence-corrected chi connectivity index (χ4v) is 2.68. The van der Waals surface area contributed by atoms with Crippen LogP contribution in [0.25, 0.3) is 0 Å². The third-order valence-electron chi connectivity index (χ3n) is 3.20. The Morgan fingerprint density at radius 3 is 2.50 bits per heavy atom. The molecule has 0 aliphatic carbocycles.